The van der Waals surface area contributed by atoms with E-state index in [9.17, 15) is 19.3 Å². The lowest BCUT2D eigenvalue weighted by molar-refractivity contribution is -0.870. The molecule has 2 N–H and O–H groups in total. The van der Waals surface area contributed by atoms with Crippen LogP contribution in [0, 0.1) is 0 Å². The summed E-state index contributed by atoms with van der Waals surface area (Å²) in [7, 11) is 2.15. The van der Waals surface area contributed by atoms with Gasteiger partial charge in [0.2, 0.25) is 0 Å². The third kappa shape index (κ3) is 16.9. The second-order valence-corrected chi connectivity index (χ2v) is 6.83. The number of carbonyl (C=O) groups excluding carboxylic acids is 1. The fourth-order valence-electron chi connectivity index (χ4n) is 1.09. The van der Waals surface area contributed by atoms with Crippen molar-refractivity contribution in [3.63, 3.8) is 0 Å². The Balaban J connectivity index is 0. The normalized spacial score (nSPS) is 14.4. The van der Waals surface area contributed by atoms with Crippen molar-refractivity contribution in [1.82, 2.24) is 0 Å². The van der Waals surface area contributed by atoms with Gasteiger partial charge in [0.25, 0.3) is 0 Å². The molecule has 0 aliphatic heterocycles. The van der Waals surface area contributed by atoms with Crippen LogP contribution < -0.4 is 5.11 Å². The average molecular weight is 355 g/mol. The number of rotatable bonds is 9. The molecule has 0 amide bonds. The summed E-state index contributed by atoms with van der Waals surface area (Å²) in [6, 6.07) is 0. The van der Waals surface area contributed by atoms with Crippen molar-refractivity contribution in [2.24, 2.45) is 0 Å². The van der Waals surface area contributed by atoms with Crippen molar-refractivity contribution in [3.8, 4) is 0 Å². The zero-order valence-corrected chi connectivity index (χ0v) is 15.0. The quantitative estimate of drug-likeness (QED) is 0.335. The van der Waals surface area contributed by atoms with Gasteiger partial charge >= 0.3 is 13.8 Å². The van der Waals surface area contributed by atoms with Crippen molar-refractivity contribution in [2.75, 3.05) is 40.9 Å². The fourth-order valence-corrected chi connectivity index (χ4v) is 1.80. The molecule has 0 aliphatic carbocycles. The van der Waals surface area contributed by atoms with Crippen LogP contribution in [0.2, 0.25) is 0 Å². The minimum atomic E-state index is -3.79. The van der Waals surface area contributed by atoms with Crippen molar-refractivity contribution in [2.45, 2.75) is 20.3 Å². The summed E-state index contributed by atoms with van der Waals surface area (Å²) in [6.07, 6.45) is 0.769. The Morgan fingerprint density at radius 2 is 1.74 bits per heavy atom. The predicted octanol–water partition coefficient (Wildman–Crippen LogP) is 0.00340. The topological polar surface area (TPSA) is 133 Å². The van der Waals surface area contributed by atoms with E-state index < -0.39 is 19.8 Å². The lowest BCUT2D eigenvalue weighted by atomic mass is 10.2. The molecule has 10 heteroatoms. The van der Waals surface area contributed by atoms with E-state index in [0.717, 1.165) is 0 Å². The number of aliphatic carboxylic acids is 2. The third-order valence-electron chi connectivity index (χ3n) is 2.26. The molecule has 0 bridgehead atoms. The molecular formula is C13H26NO8P. The van der Waals surface area contributed by atoms with Crippen LogP contribution in [0.4, 0.5) is 0 Å². The van der Waals surface area contributed by atoms with Gasteiger partial charge in [-0.25, -0.2) is 9.36 Å². The van der Waals surface area contributed by atoms with Crippen molar-refractivity contribution in [1.29, 1.82) is 0 Å². The molecule has 136 valence electrons. The number of hydrogen-bond donors (Lipinski definition) is 2. The SMILES string of the molecule is CC/C(=C/C(=O)[O-])C(=O)O.CCOP(=O)(O)OCC[N+](C)(C)C. The molecule has 0 saturated heterocycles. The number of hydrogen-bond acceptors (Lipinski definition) is 6. The highest BCUT2D eigenvalue weighted by molar-refractivity contribution is 7.47. The smallest absolute Gasteiger partial charge is 0.472 e. The molecule has 0 spiro atoms. The molecule has 1 atom stereocenters. The van der Waals surface area contributed by atoms with Gasteiger partial charge in [-0.1, -0.05) is 6.92 Å². The largest absolute Gasteiger partial charge is 0.545 e. The molecule has 0 rings (SSSR count). The number of carboxylic acid groups (broad SMARTS) is 2. The summed E-state index contributed by atoms with van der Waals surface area (Å²) in [4.78, 5) is 28.9. The van der Waals surface area contributed by atoms with Crippen LogP contribution >= 0.6 is 7.82 Å². The van der Waals surface area contributed by atoms with Gasteiger partial charge in [-0.05, 0) is 19.4 Å². The summed E-state index contributed by atoms with van der Waals surface area (Å²) in [5.41, 5.74) is -0.153. The Morgan fingerprint density at radius 3 is 2.00 bits per heavy atom. The standard InChI is InChI=1S/C7H18NO4P.C6H8O4/c1-5-11-13(9,10)12-7-6-8(2,3)4;1-2-4(6(9)10)3-5(7)8/h5-7H2,1-4H3;3H,2H2,1H3,(H,7,8)(H,9,10)/b;4-3-. The molecule has 0 heterocycles. The van der Waals surface area contributed by atoms with Crippen molar-refractivity contribution in [3.05, 3.63) is 11.6 Å². The van der Waals surface area contributed by atoms with Gasteiger partial charge < -0.3 is 24.4 Å². The second kappa shape index (κ2) is 11.3. The van der Waals surface area contributed by atoms with Gasteiger partial charge in [0, 0.05) is 5.57 Å². The van der Waals surface area contributed by atoms with Crippen LogP contribution in [0.15, 0.2) is 11.6 Å². The van der Waals surface area contributed by atoms with E-state index in [2.05, 4.69) is 4.52 Å². The van der Waals surface area contributed by atoms with Crippen LogP contribution in [-0.4, -0.2) is 67.3 Å². The molecular weight excluding hydrogens is 329 g/mol. The van der Waals surface area contributed by atoms with Gasteiger partial charge in [-0.15, -0.1) is 0 Å². The molecule has 23 heavy (non-hydrogen) atoms. The van der Waals surface area contributed by atoms with E-state index in [1.807, 2.05) is 21.1 Å². The molecule has 0 radical (unpaired) electrons. The van der Waals surface area contributed by atoms with Crippen LogP contribution in [0.1, 0.15) is 20.3 Å². The van der Waals surface area contributed by atoms with Gasteiger partial charge in [-0.2, -0.15) is 0 Å². The summed E-state index contributed by atoms with van der Waals surface area (Å²) in [5.74, 6) is -2.69. The molecule has 0 aromatic heterocycles. The summed E-state index contributed by atoms with van der Waals surface area (Å²) >= 11 is 0. The van der Waals surface area contributed by atoms with E-state index in [1.165, 1.54) is 0 Å². The van der Waals surface area contributed by atoms with Crippen molar-refractivity contribution < 1.29 is 42.8 Å². The van der Waals surface area contributed by atoms with Gasteiger partial charge in [-0.3, -0.25) is 9.05 Å². The Labute approximate surface area is 136 Å². The number of phosphoric ester groups is 1. The van der Waals surface area contributed by atoms with E-state index in [-0.39, 0.29) is 25.2 Å². The van der Waals surface area contributed by atoms with Gasteiger partial charge in [0.1, 0.15) is 13.2 Å². The number of nitrogens with zero attached hydrogens (tertiary/aromatic N) is 1. The number of quaternary nitrogens is 1. The first-order chi connectivity index (χ1) is 10.3. The van der Waals surface area contributed by atoms with E-state index in [1.54, 1.807) is 13.8 Å². The molecule has 0 fully saturated rings. The minimum absolute atomic E-state index is 0.153. The summed E-state index contributed by atoms with van der Waals surface area (Å²) < 4.78 is 20.9. The molecule has 0 aliphatic rings. The maximum absolute atomic E-state index is 11.0. The lowest BCUT2D eigenvalue weighted by Gasteiger charge is -2.23. The highest BCUT2D eigenvalue weighted by atomic mass is 31.2. The first-order valence-corrected chi connectivity index (χ1v) is 8.41. The molecule has 0 saturated carbocycles. The number of carboxylic acids is 2. The number of carbonyl (C=O) groups is 2. The molecule has 0 aromatic carbocycles. The first kappa shape index (κ1) is 24.0. The maximum Gasteiger partial charge on any atom is 0.472 e. The highest BCUT2D eigenvalue weighted by Gasteiger charge is 2.21. The Bertz CT molecular complexity index is 455. The number of phosphoric acid groups is 1. The van der Waals surface area contributed by atoms with Gasteiger partial charge in [0.05, 0.1) is 33.7 Å². The second-order valence-electron chi connectivity index (χ2n) is 5.38. The summed E-state index contributed by atoms with van der Waals surface area (Å²) in [5, 5.41) is 18.1. The van der Waals surface area contributed by atoms with Crippen molar-refractivity contribution >= 4 is 19.8 Å². The fraction of sp³-hybridized carbons (Fsp3) is 0.692. The zero-order chi connectivity index (χ0) is 18.7. The van der Waals surface area contributed by atoms with E-state index >= 15 is 0 Å². The zero-order valence-electron chi connectivity index (χ0n) is 14.1. The van der Waals surface area contributed by atoms with Crippen LogP contribution in [-0.2, 0) is 23.2 Å². The monoisotopic (exact) mass is 355 g/mol. The Hall–Kier alpha value is -1.25. The van der Waals surface area contributed by atoms with E-state index in [0.29, 0.717) is 17.1 Å². The Kier molecular flexibility index (Phi) is 11.8. The van der Waals surface area contributed by atoms with Gasteiger partial charge in [0.15, 0.2) is 0 Å². The number of likely N-dealkylation sites (N-methyl/N-ethyl adjacent to an activating group) is 1. The minimum Gasteiger partial charge on any atom is -0.545 e. The lowest BCUT2D eigenvalue weighted by Crippen LogP contribution is -2.37. The average Bonchev–Trinajstić information content (AvgIpc) is 2.34. The summed E-state index contributed by atoms with van der Waals surface area (Å²) in [6.45, 7) is 4.27. The third-order valence-corrected chi connectivity index (χ3v) is 3.35. The molecule has 1 unspecified atom stereocenters. The van der Waals surface area contributed by atoms with E-state index in [4.69, 9.17) is 14.5 Å². The first-order valence-electron chi connectivity index (χ1n) is 6.91. The molecule has 9 nitrogen and oxygen atoms in total. The maximum atomic E-state index is 11.0. The van der Waals surface area contributed by atoms with Crippen LogP contribution in [0.5, 0.6) is 0 Å². The van der Waals surface area contributed by atoms with Crippen LogP contribution in [0.3, 0.4) is 0 Å². The molecule has 0 aromatic rings. The Morgan fingerprint density at radius 1 is 1.22 bits per heavy atom. The highest BCUT2D eigenvalue weighted by Crippen LogP contribution is 2.42. The predicted molar refractivity (Wildman–Crippen MR) is 81.3 cm³/mol. The van der Waals surface area contributed by atoms with Crippen LogP contribution in [0.25, 0.3) is 0 Å².